The molecule has 0 aromatic heterocycles. The van der Waals surface area contributed by atoms with Gasteiger partial charge in [-0.15, -0.1) is 0 Å². The van der Waals surface area contributed by atoms with Crippen molar-refractivity contribution in [2.45, 2.75) is 91.6 Å². The quantitative estimate of drug-likeness (QED) is 0.476. The molecule has 4 aliphatic carbocycles. The summed E-state index contributed by atoms with van der Waals surface area (Å²) in [5.41, 5.74) is -0.599. The molecule has 4 saturated carbocycles. The predicted molar refractivity (Wildman–Crippen MR) is 128 cm³/mol. The van der Waals surface area contributed by atoms with Crippen molar-refractivity contribution in [1.29, 1.82) is 0 Å². The number of fused-ring (bicyclic) bond motifs is 5. The molecule has 0 bridgehead atoms. The van der Waals surface area contributed by atoms with Crippen LogP contribution >= 0.6 is 0 Å². The molecule has 0 saturated heterocycles. The van der Waals surface area contributed by atoms with Crippen LogP contribution in [0.5, 0.6) is 0 Å². The van der Waals surface area contributed by atoms with Crippen molar-refractivity contribution in [1.82, 2.24) is 0 Å². The highest BCUT2D eigenvalue weighted by Gasteiger charge is 2.66. The Balaban J connectivity index is 1.52. The summed E-state index contributed by atoms with van der Waals surface area (Å²) in [4.78, 5) is 51.1. The van der Waals surface area contributed by atoms with Crippen LogP contribution < -0.4 is 0 Å². The maximum Gasteiger partial charge on any atom is 0.508 e. The van der Waals surface area contributed by atoms with Gasteiger partial charge in [-0.3, -0.25) is 14.4 Å². The van der Waals surface area contributed by atoms with Crippen LogP contribution in [0, 0.1) is 46.3 Å². The molecule has 0 heterocycles. The summed E-state index contributed by atoms with van der Waals surface area (Å²) in [6.07, 6.45) is 5.25. The van der Waals surface area contributed by atoms with Crippen LogP contribution in [0.2, 0.25) is 0 Å². The van der Waals surface area contributed by atoms with Gasteiger partial charge in [0, 0.05) is 30.6 Å². The Morgan fingerprint density at radius 1 is 1.09 bits per heavy atom. The van der Waals surface area contributed by atoms with Gasteiger partial charge >= 0.3 is 12.1 Å². The van der Waals surface area contributed by atoms with Crippen LogP contribution in [0.3, 0.4) is 0 Å². The minimum Gasteiger partial charge on any atom is -0.469 e. The molecule has 0 aromatic carbocycles. The molecule has 4 aliphatic rings. The summed E-state index contributed by atoms with van der Waals surface area (Å²) in [6, 6.07) is 0. The third-order valence-corrected chi connectivity index (χ3v) is 10.6. The summed E-state index contributed by atoms with van der Waals surface area (Å²) < 4.78 is 15.3. The van der Waals surface area contributed by atoms with Gasteiger partial charge in [-0.1, -0.05) is 20.8 Å². The van der Waals surface area contributed by atoms with Gasteiger partial charge in [-0.25, -0.2) is 4.79 Å². The van der Waals surface area contributed by atoms with E-state index in [2.05, 4.69) is 20.8 Å². The Morgan fingerprint density at radius 3 is 2.51 bits per heavy atom. The zero-order valence-corrected chi connectivity index (χ0v) is 22.0. The molecule has 4 fully saturated rings. The van der Waals surface area contributed by atoms with E-state index >= 15 is 0 Å². The second kappa shape index (κ2) is 9.85. The lowest BCUT2D eigenvalue weighted by Crippen LogP contribution is -2.60. The van der Waals surface area contributed by atoms with E-state index in [4.69, 9.17) is 14.2 Å². The smallest absolute Gasteiger partial charge is 0.469 e. The van der Waals surface area contributed by atoms with E-state index in [1.165, 1.54) is 7.11 Å². The molecular weight excluding hydrogens is 448 g/mol. The molecule has 7 heteroatoms. The number of carbonyl (C=O) groups is 4. The van der Waals surface area contributed by atoms with E-state index in [9.17, 15) is 19.2 Å². The lowest BCUT2D eigenvalue weighted by Gasteiger charge is -2.59. The Kier molecular flexibility index (Phi) is 7.36. The van der Waals surface area contributed by atoms with Crippen LogP contribution in [0.25, 0.3) is 0 Å². The minimum absolute atomic E-state index is 0.0620. The average molecular weight is 491 g/mol. The Hall–Kier alpha value is -1.92. The number of Topliss-reactive ketones (excluding diaryl/α,β-unsaturated/α-hetero) is 2. The number of ketones is 2. The summed E-state index contributed by atoms with van der Waals surface area (Å²) in [5, 5.41) is 0. The summed E-state index contributed by atoms with van der Waals surface area (Å²) >= 11 is 0. The number of esters is 1. The molecule has 35 heavy (non-hydrogen) atoms. The highest BCUT2D eigenvalue weighted by molar-refractivity contribution is 5.92. The van der Waals surface area contributed by atoms with E-state index in [-0.39, 0.29) is 59.6 Å². The number of methoxy groups -OCH3 is 1. The van der Waals surface area contributed by atoms with Gasteiger partial charge in [0.1, 0.15) is 17.7 Å². The van der Waals surface area contributed by atoms with Gasteiger partial charge < -0.3 is 14.2 Å². The second-order valence-corrected chi connectivity index (χ2v) is 12.0. The van der Waals surface area contributed by atoms with Crippen LogP contribution in [0.1, 0.15) is 85.5 Å². The molecule has 7 nitrogen and oxygen atoms in total. The van der Waals surface area contributed by atoms with Crippen LogP contribution in [-0.2, 0) is 28.6 Å². The summed E-state index contributed by atoms with van der Waals surface area (Å²) in [6.45, 7) is 8.55. The van der Waals surface area contributed by atoms with Gasteiger partial charge in [-0.2, -0.15) is 0 Å². The van der Waals surface area contributed by atoms with E-state index in [0.717, 1.165) is 25.7 Å². The predicted octanol–water partition coefficient (Wildman–Crippen LogP) is 5.13. The number of carbonyl (C=O) groups excluding carboxylic acids is 4. The largest absolute Gasteiger partial charge is 0.508 e. The zero-order chi connectivity index (χ0) is 25.5. The van der Waals surface area contributed by atoms with Crippen molar-refractivity contribution >= 4 is 23.7 Å². The van der Waals surface area contributed by atoms with E-state index < -0.39 is 11.6 Å². The van der Waals surface area contributed by atoms with Gasteiger partial charge in [0.15, 0.2) is 0 Å². The number of ether oxygens (including phenoxy) is 3. The molecule has 4 rings (SSSR count). The van der Waals surface area contributed by atoms with Crippen molar-refractivity contribution in [3.63, 3.8) is 0 Å². The molecule has 0 spiro atoms. The van der Waals surface area contributed by atoms with Gasteiger partial charge in [0.25, 0.3) is 0 Å². The Bertz CT molecular complexity index is 867. The Morgan fingerprint density at radius 2 is 1.83 bits per heavy atom. The lowest BCUT2D eigenvalue weighted by molar-refractivity contribution is -0.169. The third kappa shape index (κ3) is 4.42. The second-order valence-electron chi connectivity index (χ2n) is 12.0. The average Bonchev–Trinajstić information content (AvgIpc) is 3.17. The minimum atomic E-state index is -0.636. The first kappa shape index (κ1) is 26.2. The van der Waals surface area contributed by atoms with Crippen LogP contribution in [-0.4, -0.2) is 43.5 Å². The summed E-state index contributed by atoms with van der Waals surface area (Å²) in [7, 11) is 1.41. The Labute approximate surface area is 209 Å². The fourth-order valence-corrected chi connectivity index (χ4v) is 8.60. The zero-order valence-electron chi connectivity index (χ0n) is 22.0. The lowest BCUT2D eigenvalue weighted by atomic mass is 9.43. The van der Waals surface area contributed by atoms with Gasteiger partial charge in [0.2, 0.25) is 0 Å². The van der Waals surface area contributed by atoms with Gasteiger partial charge in [0.05, 0.1) is 13.7 Å². The number of hydrogen-bond donors (Lipinski definition) is 0. The topological polar surface area (TPSA) is 96.0 Å². The first-order valence-electron chi connectivity index (χ1n) is 13.5. The molecule has 196 valence electrons. The number of rotatable bonds is 6. The van der Waals surface area contributed by atoms with Crippen LogP contribution in [0.4, 0.5) is 4.79 Å². The number of hydrogen-bond acceptors (Lipinski definition) is 7. The van der Waals surface area contributed by atoms with E-state index in [1.807, 2.05) is 0 Å². The van der Waals surface area contributed by atoms with E-state index in [0.29, 0.717) is 43.7 Å². The highest BCUT2D eigenvalue weighted by atomic mass is 16.7. The standard InChI is InChI=1S/C28H42O7/c1-6-34-26(32)35-18-11-12-27(3)17(13-18)14-22(29)25-20-9-8-19(16(2)7-10-24(31)33-5)28(20,4)23(30)15-21(25)27/h16-21,25H,6-15H2,1-5H3/t16-,17+,18+,19-,20+,21+,25+,27+,28-/m1/s1. The fraction of sp³-hybridized carbons (Fsp3) is 0.857. The first-order valence-corrected chi connectivity index (χ1v) is 13.5. The molecule has 9 atom stereocenters. The normalized spacial score (nSPS) is 41.3. The maximum atomic E-state index is 13.9. The monoisotopic (exact) mass is 490 g/mol. The molecule has 0 amide bonds. The van der Waals surface area contributed by atoms with Crippen LogP contribution in [0.15, 0.2) is 0 Å². The molecule has 0 aromatic rings. The SMILES string of the molecule is CCOC(=O)O[C@H]1CC[C@@]2(C)[C@H](CC(=O)[C@@H]3[C@@H]2CC(=O)[C@]2(C)[C@@H]([C@H](C)CCC(=O)OC)CC[C@@H]32)C1. The van der Waals surface area contributed by atoms with Crippen molar-refractivity contribution in [2.24, 2.45) is 46.3 Å². The van der Waals surface area contributed by atoms with Crippen molar-refractivity contribution in [3.05, 3.63) is 0 Å². The maximum absolute atomic E-state index is 13.9. The summed E-state index contributed by atoms with van der Waals surface area (Å²) in [5.74, 6) is 0.994. The van der Waals surface area contributed by atoms with Gasteiger partial charge in [-0.05, 0) is 80.5 Å². The van der Waals surface area contributed by atoms with Crippen molar-refractivity contribution in [2.75, 3.05) is 13.7 Å². The molecule has 0 N–H and O–H groups in total. The molecule has 0 aliphatic heterocycles. The third-order valence-electron chi connectivity index (χ3n) is 10.6. The fourth-order valence-electron chi connectivity index (χ4n) is 8.60. The molecule has 0 radical (unpaired) electrons. The first-order chi connectivity index (χ1) is 16.6. The molecule has 0 unspecified atom stereocenters. The highest BCUT2D eigenvalue weighted by Crippen LogP contribution is 2.66. The van der Waals surface area contributed by atoms with Crippen molar-refractivity contribution < 1.29 is 33.4 Å². The van der Waals surface area contributed by atoms with E-state index in [1.54, 1.807) is 6.92 Å². The molecular formula is C28H42O7. The van der Waals surface area contributed by atoms with Crippen molar-refractivity contribution in [3.8, 4) is 0 Å².